The molecule has 0 bridgehead atoms. The normalized spacial score (nSPS) is 54.1. The van der Waals surface area contributed by atoms with Crippen LogP contribution in [0.4, 0.5) is 0 Å². The smallest absolute Gasteiger partial charge is 0.330 e. The zero-order chi connectivity index (χ0) is 66.7. The highest BCUT2D eigenvalue weighted by molar-refractivity contribution is 5.82. The van der Waals surface area contributed by atoms with Crippen LogP contribution in [0.3, 0.4) is 0 Å². The van der Waals surface area contributed by atoms with Crippen LogP contribution in [0.25, 0.3) is 0 Å². The molecule has 5 aliphatic heterocycles. The first-order chi connectivity index (χ1) is 42.6. The van der Waals surface area contributed by atoms with Gasteiger partial charge in [-0.05, 0) is 118 Å². The van der Waals surface area contributed by atoms with Gasteiger partial charge in [0.2, 0.25) is 6.29 Å². The van der Waals surface area contributed by atoms with E-state index in [4.69, 9.17) is 52.1 Å². The lowest BCUT2D eigenvalue weighted by molar-refractivity contribution is -0.380. The molecule has 0 aromatic heterocycles. The monoisotopic (exact) mass is 1300 g/mol. The Balaban J connectivity index is 0.896. The number of carbonyl (C=O) groups excluding carboxylic acids is 2. The predicted molar refractivity (Wildman–Crippen MR) is 308 cm³/mol. The first-order valence-electron chi connectivity index (χ1n) is 32.3. The van der Waals surface area contributed by atoms with E-state index in [1.807, 2.05) is 6.92 Å². The van der Waals surface area contributed by atoms with Gasteiger partial charge in [0.25, 0.3) is 0 Å². The third-order valence-corrected chi connectivity index (χ3v) is 23.7. The topological polar surface area (TPSA) is 439 Å². The summed E-state index contributed by atoms with van der Waals surface area (Å²) in [5.74, 6) is -2.81. The number of allylic oxidation sites excluding steroid dienone is 3. The van der Waals surface area contributed by atoms with Gasteiger partial charge >= 0.3 is 11.9 Å². The van der Waals surface area contributed by atoms with E-state index in [9.17, 15) is 81.4 Å². The minimum atomic E-state index is -2.03. The Hall–Kier alpha value is -2.54. The van der Waals surface area contributed by atoms with Crippen LogP contribution in [0.15, 0.2) is 23.8 Å². The second kappa shape index (κ2) is 26.4. The third-order valence-electron chi connectivity index (χ3n) is 23.7. The van der Waals surface area contributed by atoms with Gasteiger partial charge < -0.3 is 129 Å². The lowest BCUT2D eigenvalue weighted by Gasteiger charge is -2.72. The van der Waals surface area contributed by atoms with Gasteiger partial charge in [0.1, 0.15) is 90.9 Å². The van der Waals surface area contributed by atoms with Gasteiger partial charge in [-0.2, -0.15) is 0 Å². The molecule has 0 spiro atoms. The number of carbonyl (C=O) groups is 2. The molecule has 9 fully saturated rings. The summed E-state index contributed by atoms with van der Waals surface area (Å²) in [7, 11) is 0. The molecule has 0 unspecified atom stereocenters. The number of aliphatic hydroxyl groups is 15. The highest BCUT2D eigenvalue weighted by atomic mass is 16.8. The summed E-state index contributed by atoms with van der Waals surface area (Å²) in [5, 5.41) is 168. The standard InChI is InChI=1S/C63H100O28/c1-11-12-36(69)86-48-27(4)84-56(50(45(48)78)89-54-44(77)41(74)47(26(3)83-54)87-52-46(79)49(31(67)23-81-52)88-53-42(75)39(72)37(70)25(2)82-53)91-57(80)63-18-17-58(5,6)19-29(63)28-13-14-34-59(7)20-30(66)51(90-55-43(76)40(73)38(71)32(22-64)85-55)60(8,24-65)33(59)15-16-61(34,9)62(28,10)21-35(63)68/h11-13,25-27,29-35,37-56,64-68,70-79H,14-24H2,1-10H3/b12-11+/t25-,26-,27+,29-,30-,31+,32+,33+,34+,35+,37-,38+,39+,40-,41-,42+,43+,44+,45-,46+,47-,48-,49-,50+,51-,52-,53-,54-,55-,56-,59-,60-,61+,62+,63+/m0/s1. The largest absolute Gasteiger partial charge is 0.454 e. The van der Waals surface area contributed by atoms with Gasteiger partial charge in [-0.3, -0.25) is 4.79 Å². The SMILES string of the molecule is C/C=C/C(=O)O[C@@H]1[C@H](O)[C@@H](O[C@@H]2O[C@@H](C)[C@H](O[C@@H]3OC[C@@H](O)[C@H](O[C@@H]4O[C@@H](C)[C@H](O)[C@@H](O)[C@H]4O)[C@H]3O)[C@@H](O)[C@H]2O)[C@H](OC(=O)[C@]23CCC(C)(C)C[C@H]2C2=CC[C@@H]4[C@@]5(C)C[C@H](O)[C@H](O[C@@H]6O[C@H](CO)[C@@H](O)[C@H](O)[C@H]6O)[C@@](C)(CO)[C@@H]5CC[C@@]4(C)[C@]2(C)C[C@H]3O)O[C@@H]1C. The summed E-state index contributed by atoms with van der Waals surface area (Å²) in [5.41, 5.74) is -4.19. The Morgan fingerprint density at radius 2 is 1.16 bits per heavy atom. The first-order valence-corrected chi connectivity index (χ1v) is 32.3. The van der Waals surface area contributed by atoms with Crippen molar-refractivity contribution < 1.29 is 138 Å². The number of hydrogen-bond acceptors (Lipinski definition) is 28. The third kappa shape index (κ3) is 12.0. The van der Waals surface area contributed by atoms with Crippen LogP contribution < -0.4 is 0 Å². The molecule has 28 nitrogen and oxygen atoms in total. The van der Waals surface area contributed by atoms with E-state index in [2.05, 4.69) is 40.7 Å². The van der Waals surface area contributed by atoms with E-state index in [0.717, 1.165) is 11.6 Å². The van der Waals surface area contributed by atoms with Gasteiger partial charge in [0, 0.05) is 11.5 Å². The summed E-state index contributed by atoms with van der Waals surface area (Å²) < 4.78 is 65.8. The Labute approximate surface area is 528 Å². The number of esters is 2. The van der Waals surface area contributed by atoms with Crippen molar-refractivity contribution in [1.82, 2.24) is 0 Å². The number of rotatable bonds is 14. The molecular weight excluding hydrogens is 1200 g/mol. The fourth-order valence-electron chi connectivity index (χ4n) is 18.3. The highest BCUT2D eigenvalue weighted by Crippen LogP contribution is 2.76. The molecule has 0 amide bonds. The number of aliphatic hydroxyl groups excluding tert-OH is 15. The molecule has 91 heavy (non-hydrogen) atoms. The van der Waals surface area contributed by atoms with E-state index in [0.29, 0.717) is 32.1 Å². The molecule has 0 radical (unpaired) electrons. The summed E-state index contributed by atoms with van der Waals surface area (Å²) in [6, 6.07) is 0. The zero-order valence-electron chi connectivity index (χ0n) is 53.3. The van der Waals surface area contributed by atoms with Crippen molar-refractivity contribution in [3.05, 3.63) is 23.8 Å². The molecule has 5 heterocycles. The maximum absolute atomic E-state index is 15.8. The molecule has 4 saturated carbocycles. The van der Waals surface area contributed by atoms with Crippen LogP contribution in [-0.4, -0.2) is 274 Å². The summed E-state index contributed by atoms with van der Waals surface area (Å²) in [6.45, 7) is 16.7. The fraction of sp³-hybridized carbons (Fsp3) is 0.905. The minimum absolute atomic E-state index is 0.0967. The molecule has 15 N–H and O–H groups in total. The number of fused-ring (bicyclic) bond motifs is 7. The first kappa shape index (κ1) is 71.2. The number of ether oxygens (including phenoxy) is 11. The lowest BCUT2D eigenvalue weighted by Crippen LogP contribution is -2.70. The molecular formula is C63H100O28. The zero-order valence-corrected chi connectivity index (χ0v) is 53.3. The number of hydrogen-bond donors (Lipinski definition) is 15. The van der Waals surface area contributed by atoms with E-state index in [1.165, 1.54) is 26.8 Å². The van der Waals surface area contributed by atoms with Crippen molar-refractivity contribution in [2.75, 3.05) is 19.8 Å². The van der Waals surface area contributed by atoms with Crippen molar-refractivity contribution in [3.63, 3.8) is 0 Å². The van der Waals surface area contributed by atoms with Gasteiger partial charge in [-0.25, -0.2) is 4.79 Å². The average Bonchev–Trinajstić information content (AvgIpc) is 0.671. The molecule has 28 heteroatoms. The Morgan fingerprint density at radius 3 is 1.81 bits per heavy atom. The van der Waals surface area contributed by atoms with E-state index < -0.39 is 230 Å². The van der Waals surface area contributed by atoms with E-state index in [1.54, 1.807) is 6.92 Å². The molecule has 0 aromatic carbocycles. The second-order valence-electron chi connectivity index (χ2n) is 29.6. The minimum Gasteiger partial charge on any atom is -0.454 e. The van der Waals surface area contributed by atoms with Crippen molar-refractivity contribution in [2.45, 2.75) is 286 Å². The van der Waals surface area contributed by atoms with Crippen molar-refractivity contribution in [3.8, 4) is 0 Å². The Bertz CT molecular complexity index is 2630. The summed E-state index contributed by atoms with van der Waals surface area (Å²) in [6.07, 6.45) is -34.9. The van der Waals surface area contributed by atoms with Crippen LogP contribution in [-0.2, 0) is 61.7 Å². The van der Waals surface area contributed by atoms with Crippen molar-refractivity contribution >= 4 is 11.9 Å². The van der Waals surface area contributed by atoms with Crippen LogP contribution in [0.1, 0.15) is 121 Å². The van der Waals surface area contributed by atoms with Crippen molar-refractivity contribution in [1.29, 1.82) is 0 Å². The van der Waals surface area contributed by atoms with E-state index in [-0.39, 0.29) is 36.5 Å². The Morgan fingerprint density at radius 1 is 0.571 bits per heavy atom. The second-order valence-corrected chi connectivity index (χ2v) is 29.6. The molecule has 520 valence electrons. The quantitative estimate of drug-likeness (QED) is 0.0372. The maximum Gasteiger partial charge on any atom is 0.330 e. The van der Waals surface area contributed by atoms with Gasteiger partial charge in [-0.1, -0.05) is 59.3 Å². The van der Waals surface area contributed by atoms with Crippen LogP contribution in [0, 0.1) is 50.2 Å². The summed E-state index contributed by atoms with van der Waals surface area (Å²) >= 11 is 0. The fourth-order valence-corrected chi connectivity index (χ4v) is 18.3. The maximum atomic E-state index is 15.8. The van der Waals surface area contributed by atoms with Crippen LogP contribution >= 0.6 is 0 Å². The van der Waals surface area contributed by atoms with E-state index >= 15 is 4.79 Å². The van der Waals surface area contributed by atoms with Crippen LogP contribution in [0.5, 0.6) is 0 Å². The van der Waals surface area contributed by atoms with Gasteiger partial charge in [0.05, 0.1) is 56.4 Å². The highest BCUT2D eigenvalue weighted by Gasteiger charge is 2.73. The van der Waals surface area contributed by atoms with Gasteiger partial charge in [0.15, 0.2) is 37.4 Å². The van der Waals surface area contributed by atoms with Crippen molar-refractivity contribution in [2.24, 2.45) is 50.2 Å². The molecule has 10 aliphatic rings. The predicted octanol–water partition coefficient (Wildman–Crippen LogP) is -2.45. The summed E-state index contributed by atoms with van der Waals surface area (Å²) in [4.78, 5) is 28.8. The molecule has 5 saturated heterocycles. The molecule has 35 atom stereocenters. The molecule has 10 rings (SSSR count). The average molecular weight is 1310 g/mol. The molecule has 0 aromatic rings. The van der Waals surface area contributed by atoms with Gasteiger partial charge in [-0.15, -0.1) is 0 Å². The lowest BCUT2D eigenvalue weighted by atomic mass is 9.33. The Kier molecular flexibility index (Phi) is 20.6. The van der Waals surface area contributed by atoms with Crippen LogP contribution in [0.2, 0.25) is 0 Å². The molecule has 5 aliphatic carbocycles.